The Bertz CT molecular complexity index is 2360. The minimum absolute atomic E-state index is 0.0350. The zero-order valence-electron chi connectivity index (χ0n) is 46.9. The number of nitrogens with two attached hydrogens (primary N) is 3. The second-order valence-corrected chi connectivity index (χ2v) is 21.6. The number of ether oxygens (including phenoxy) is 1. The van der Waals surface area contributed by atoms with Crippen molar-refractivity contribution < 1.29 is 72.5 Å². The van der Waals surface area contributed by atoms with Crippen molar-refractivity contribution in [3.8, 4) is 0 Å². The molecule has 0 radical (unpaired) electrons. The summed E-state index contributed by atoms with van der Waals surface area (Å²) in [5.41, 5.74) is 15.1. The summed E-state index contributed by atoms with van der Waals surface area (Å²) in [6.07, 6.45) is -3.38. The molecule has 10 amide bonds. The maximum absolute atomic E-state index is 14.1. The maximum atomic E-state index is 14.1. The van der Waals surface area contributed by atoms with E-state index in [1.807, 2.05) is 13.8 Å². The Morgan fingerprint density at radius 2 is 1.15 bits per heavy atom. The van der Waals surface area contributed by atoms with E-state index in [1.54, 1.807) is 58.0 Å². The average molecular weight is 1130 g/mol. The number of aliphatic hydroxyl groups is 1. The van der Waals surface area contributed by atoms with E-state index in [0.29, 0.717) is 18.4 Å². The van der Waals surface area contributed by atoms with E-state index >= 15 is 0 Å². The Morgan fingerprint density at radius 1 is 0.637 bits per heavy atom. The van der Waals surface area contributed by atoms with E-state index in [9.17, 15) is 67.7 Å². The van der Waals surface area contributed by atoms with E-state index < -0.39 is 163 Å². The lowest BCUT2D eigenvalue weighted by molar-refractivity contribution is -0.158. The molecule has 17 N–H and O–H groups in total. The van der Waals surface area contributed by atoms with E-state index in [0.717, 1.165) is 13.8 Å². The van der Waals surface area contributed by atoms with E-state index in [4.69, 9.17) is 21.9 Å². The van der Waals surface area contributed by atoms with Gasteiger partial charge in [-0.15, -0.1) is 0 Å². The summed E-state index contributed by atoms with van der Waals surface area (Å²) < 4.78 is 5.71. The predicted molar refractivity (Wildman–Crippen MR) is 290 cm³/mol. The highest BCUT2D eigenvalue weighted by Gasteiger charge is 2.41. The second-order valence-electron chi connectivity index (χ2n) is 21.6. The number of hydrogen-bond donors (Lipinski definition) is 14. The molecule has 0 aromatic heterocycles. The van der Waals surface area contributed by atoms with Crippen LogP contribution in [0.25, 0.3) is 0 Å². The van der Waals surface area contributed by atoms with Crippen molar-refractivity contribution in [2.45, 2.75) is 180 Å². The molecule has 1 heterocycles. The Balaban J connectivity index is 2.82. The van der Waals surface area contributed by atoms with Crippen LogP contribution in [-0.4, -0.2) is 154 Å². The number of primary amides is 1. The van der Waals surface area contributed by atoms with Crippen LogP contribution in [0.5, 0.6) is 0 Å². The van der Waals surface area contributed by atoms with Gasteiger partial charge < -0.3 is 80.0 Å². The molecular weight excluding hydrogens is 1040 g/mol. The minimum atomic E-state index is -2.16. The zero-order chi connectivity index (χ0) is 60.6. The number of cyclic esters (lactones) is 1. The fourth-order valence-corrected chi connectivity index (χ4v) is 8.26. The van der Waals surface area contributed by atoms with Gasteiger partial charge in [0, 0.05) is 13.0 Å². The van der Waals surface area contributed by atoms with Gasteiger partial charge in [-0.05, 0) is 75.8 Å². The van der Waals surface area contributed by atoms with Gasteiger partial charge >= 0.3 is 11.9 Å². The molecule has 1 aromatic carbocycles. The fraction of sp³-hybridized carbons (Fsp3) is 0.623. The lowest BCUT2D eigenvalue weighted by Crippen LogP contribution is -2.63. The van der Waals surface area contributed by atoms with Gasteiger partial charge in [-0.25, -0.2) is 4.79 Å². The van der Waals surface area contributed by atoms with Crippen LogP contribution in [0, 0.1) is 17.8 Å². The molecule has 0 aliphatic carbocycles. The molecule has 1 saturated heterocycles. The van der Waals surface area contributed by atoms with Crippen molar-refractivity contribution in [1.82, 2.24) is 47.9 Å². The lowest BCUT2D eigenvalue weighted by atomic mass is 9.95. The van der Waals surface area contributed by atoms with Gasteiger partial charge in [0.2, 0.25) is 53.2 Å². The van der Waals surface area contributed by atoms with E-state index in [1.165, 1.54) is 0 Å². The molecule has 1 aromatic rings. The quantitative estimate of drug-likeness (QED) is 0.0529. The first-order valence-corrected chi connectivity index (χ1v) is 26.6. The van der Waals surface area contributed by atoms with Crippen LogP contribution in [0.1, 0.15) is 119 Å². The highest BCUT2D eigenvalue weighted by Crippen LogP contribution is 2.18. The Labute approximate surface area is 465 Å². The monoisotopic (exact) mass is 1130 g/mol. The fourth-order valence-electron chi connectivity index (χ4n) is 8.26. The standard InChI is InChI=1S/C53H84N12O15/c1-27(2)14-13-17-32-23-41(67)58-39(26-55)50(76)62-36(22-31-15-11-10-12-16-31)47(73)59-33(18-19-54)45(71)57-30(7)44(70)60-34(20-28(3)4)46(72)63-37(24-40(56)66)48(74)61-35(21-29(5)6)49(75)65-43(53(8,9)79)51(77)64-38(25-42(68)69)52(78)80-32/h10-12,15-16,27-29,32-39,43,79H,7,13-14,17-26,54-55H2,1-6,8-9H3,(H2,56,66)(H,57,71)(H,58,67)(H,59,73)(H,60,70)(H,61,74)(H,62,76)(H,63,72)(H,64,77)(H,65,75)(H,68,69)/t32?,33-,34-,35-,36-,37-,38-,39-,43-/m0/s1. The summed E-state index contributed by atoms with van der Waals surface area (Å²) in [5, 5.41) is 42.9. The Kier molecular flexibility index (Phi) is 28.4. The van der Waals surface area contributed by atoms with Gasteiger partial charge in [0.1, 0.15) is 54.4 Å². The molecule has 0 spiro atoms. The SMILES string of the molecule is C=C1NC(=O)[C@H](CCN)NC(=O)[C@H](Cc2ccccc2)NC(=O)[C@H](CN)NC(=O)CC(CCCC(C)C)OC(=O)[C@H](CC(=O)O)NC(=O)[C@@H](C(C)(C)O)NC(=O)[C@H](CC(C)C)NC(=O)[C@H](CC(N)=O)NC(=O)[C@H](CC(C)C)NC1=O. The van der Waals surface area contributed by atoms with Gasteiger partial charge in [0.05, 0.1) is 30.6 Å². The molecular formula is C53H84N12O15. The third-order valence-electron chi connectivity index (χ3n) is 12.4. The third kappa shape index (κ3) is 24.7. The highest BCUT2D eigenvalue weighted by atomic mass is 16.5. The maximum Gasteiger partial charge on any atom is 0.329 e. The number of carboxylic acids is 1. The Hall–Kier alpha value is -7.52. The zero-order valence-corrected chi connectivity index (χ0v) is 46.9. The number of rotatable bonds is 18. The molecule has 1 fully saturated rings. The van der Waals surface area contributed by atoms with Crippen molar-refractivity contribution in [2.75, 3.05) is 13.1 Å². The van der Waals surface area contributed by atoms with Crippen LogP contribution in [0.15, 0.2) is 42.6 Å². The number of hydrogen-bond acceptors (Lipinski definition) is 16. The first-order chi connectivity index (χ1) is 37.3. The Morgan fingerprint density at radius 3 is 1.69 bits per heavy atom. The minimum Gasteiger partial charge on any atom is -0.481 e. The summed E-state index contributed by atoms with van der Waals surface area (Å²) in [6.45, 7) is 15.8. The summed E-state index contributed by atoms with van der Waals surface area (Å²) in [7, 11) is 0. The molecule has 0 bridgehead atoms. The first kappa shape index (κ1) is 68.6. The van der Waals surface area contributed by atoms with Crippen molar-refractivity contribution in [3.05, 3.63) is 48.2 Å². The van der Waals surface area contributed by atoms with Crippen molar-refractivity contribution in [2.24, 2.45) is 35.0 Å². The largest absolute Gasteiger partial charge is 0.481 e. The summed E-state index contributed by atoms with van der Waals surface area (Å²) in [6, 6.07) is -4.75. The van der Waals surface area contributed by atoms with Gasteiger partial charge in [-0.1, -0.05) is 84.9 Å². The number of aliphatic carboxylic acids is 1. The summed E-state index contributed by atoms with van der Waals surface area (Å²) in [5.74, 6) is -13.8. The molecule has 2 rings (SSSR count). The number of esters is 1. The smallest absolute Gasteiger partial charge is 0.329 e. The molecule has 9 atom stereocenters. The molecule has 1 aliphatic heterocycles. The van der Waals surface area contributed by atoms with Gasteiger partial charge in [-0.2, -0.15) is 0 Å². The first-order valence-electron chi connectivity index (χ1n) is 26.6. The molecule has 27 heteroatoms. The normalized spacial score (nSPS) is 24.6. The summed E-state index contributed by atoms with van der Waals surface area (Å²) in [4.78, 5) is 164. The topological polar surface area (TPSA) is 441 Å². The molecule has 27 nitrogen and oxygen atoms in total. The van der Waals surface area contributed by atoms with E-state index in [2.05, 4.69) is 54.4 Å². The predicted octanol–water partition coefficient (Wildman–Crippen LogP) is -2.60. The molecule has 0 saturated carbocycles. The molecule has 80 heavy (non-hydrogen) atoms. The van der Waals surface area contributed by atoms with Crippen LogP contribution in [-0.2, 0) is 68.7 Å². The van der Waals surface area contributed by atoms with Crippen LogP contribution >= 0.6 is 0 Å². The lowest BCUT2D eigenvalue weighted by Gasteiger charge is -2.32. The molecule has 446 valence electrons. The van der Waals surface area contributed by atoms with Gasteiger partial charge in [-0.3, -0.25) is 52.7 Å². The average Bonchev–Trinajstić information content (AvgIpc) is 3.35. The van der Waals surface area contributed by atoms with Crippen LogP contribution in [0.4, 0.5) is 0 Å². The number of amides is 10. The van der Waals surface area contributed by atoms with Crippen molar-refractivity contribution >= 4 is 71.0 Å². The highest BCUT2D eigenvalue weighted by molar-refractivity contribution is 6.02. The van der Waals surface area contributed by atoms with E-state index in [-0.39, 0.29) is 56.4 Å². The van der Waals surface area contributed by atoms with Crippen molar-refractivity contribution in [1.29, 1.82) is 0 Å². The number of nitrogens with one attached hydrogen (secondary N) is 9. The number of benzene rings is 1. The number of carboxylic acid groups (broad SMARTS) is 1. The van der Waals surface area contributed by atoms with Crippen LogP contribution in [0.3, 0.4) is 0 Å². The molecule has 1 aliphatic rings. The summed E-state index contributed by atoms with van der Waals surface area (Å²) >= 11 is 0. The number of carbonyl (C=O) groups is 12. The third-order valence-corrected chi connectivity index (χ3v) is 12.4. The number of carbonyl (C=O) groups excluding carboxylic acids is 11. The van der Waals surface area contributed by atoms with Gasteiger partial charge in [0.25, 0.3) is 5.91 Å². The molecule has 1 unspecified atom stereocenters. The van der Waals surface area contributed by atoms with Crippen LogP contribution < -0.4 is 65.1 Å². The van der Waals surface area contributed by atoms with Crippen molar-refractivity contribution in [3.63, 3.8) is 0 Å². The van der Waals surface area contributed by atoms with Crippen LogP contribution in [0.2, 0.25) is 0 Å². The van der Waals surface area contributed by atoms with Gasteiger partial charge in [0.15, 0.2) is 0 Å². The second kappa shape index (κ2) is 33.2.